The van der Waals surface area contributed by atoms with Crippen LogP contribution in [0.25, 0.3) is 0 Å². The fourth-order valence-electron chi connectivity index (χ4n) is 2.74. The molecule has 2 heterocycles. The Balaban J connectivity index is 0.00000196. The smallest absolute Gasteiger partial charge is 0.263 e. The number of ether oxygens (including phenoxy) is 1. The summed E-state index contributed by atoms with van der Waals surface area (Å²) in [5, 5.41) is 7.77. The standard InChI is InChI=1S/C18H23ClN4O2S.2ClH/c1-13-17(18(24)21-8-11-23-9-6-20-7-10-23)26-16(22-13)12-25-15-4-2-14(19)3-5-15;;/h2-5,20H,6-12H2,1H3,(H,21,24);2*1H. The molecule has 0 aliphatic carbocycles. The number of amides is 1. The number of aryl methyl sites for hydroxylation is 1. The highest BCUT2D eigenvalue weighted by atomic mass is 35.5. The molecule has 3 rings (SSSR count). The van der Waals surface area contributed by atoms with Crippen LogP contribution in [0.3, 0.4) is 0 Å². The molecular formula is C18H25Cl3N4O2S. The first kappa shape index (κ1) is 24.9. The van der Waals surface area contributed by atoms with Crippen LogP contribution in [0.15, 0.2) is 24.3 Å². The molecule has 0 atom stereocenters. The van der Waals surface area contributed by atoms with Gasteiger partial charge in [0.15, 0.2) is 0 Å². The van der Waals surface area contributed by atoms with Crippen molar-refractivity contribution in [3.63, 3.8) is 0 Å². The maximum atomic E-state index is 12.4. The highest BCUT2D eigenvalue weighted by Crippen LogP contribution is 2.21. The summed E-state index contributed by atoms with van der Waals surface area (Å²) in [6, 6.07) is 7.18. The maximum absolute atomic E-state index is 12.4. The van der Waals surface area contributed by atoms with Gasteiger partial charge in [0.05, 0.1) is 5.69 Å². The van der Waals surface area contributed by atoms with Gasteiger partial charge in [-0.05, 0) is 31.2 Å². The number of carbonyl (C=O) groups excluding carboxylic acids is 1. The molecule has 1 aromatic carbocycles. The molecule has 0 radical (unpaired) electrons. The highest BCUT2D eigenvalue weighted by molar-refractivity contribution is 7.13. The average molecular weight is 468 g/mol. The van der Waals surface area contributed by atoms with Crippen LogP contribution in [0.1, 0.15) is 20.4 Å². The minimum atomic E-state index is -0.0622. The number of aromatic nitrogens is 1. The monoisotopic (exact) mass is 466 g/mol. The van der Waals surface area contributed by atoms with Gasteiger partial charge in [-0.2, -0.15) is 0 Å². The second kappa shape index (κ2) is 12.5. The summed E-state index contributed by atoms with van der Waals surface area (Å²) >= 11 is 7.24. The summed E-state index contributed by atoms with van der Waals surface area (Å²) < 4.78 is 5.70. The van der Waals surface area contributed by atoms with Crippen LogP contribution in [0.5, 0.6) is 5.75 Å². The Hall–Kier alpha value is -1.09. The summed E-state index contributed by atoms with van der Waals surface area (Å²) in [6.45, 7) is 7.79. The molecule has 0 saturated carbocycles. The van der Waals surface area contributed by atoms with Crippen LogP contribution in [-0.2, 0) is 6.61 Å². The van der Waals surface area contributed by atoms with E-state index in [0.717, 1.165) is 49.2 Å². The third-order valence-electron chi connectivity index (χ3n) is 4.15. The molecule has 1 saturated heterocycles. The number of rotatable bonds is 7. The summed E-state index contributed by atoms with van der Waals surface area (Å²) in [5.74, 6) is 0.664. The third kappa shape index (κ3) is 7.39. The van der Waals surface area contributed by atoms with Gasteiger partial charge in [0.25, 0.3) is 5.91 Å². The van der Waals surface area contributed by atoms with E-state index in [0.29, 0.717) is 23.1 Å². The molecule has 1 fully saturated rings. The molecule has 156 valence electrons. The van der Waals surface area contributed by atoms with Gasteiger partial charge in [0.2, 0.25) is 0 Å². The first-order valence-corrected chi connectivity index (χ1v) is 9.87. The largest absolute Gasteiger partial charge is 0.486 e. The molecule has 10 heteroatoms. The van der Waals surface area contributed by atoms with Crippen molar-refractivity contribution in [3.8, 4) is 5.75 Å². The maximum Gasteiger partial charge on any atom is 0.263 e. The van der Waals surface area contributed by atoms with Crippen molar-refractivity contribution in [2.24, 2.45) is 0 Å². The zero-order valence-corrected chi connectivity index (χ0v) is 18.8. The molecule has 0 spiro atoms. The van der Waals surface area contributed by atoms with Crippen molar-refractivity contribution in [1.29, 1.82) is 0 Å². The Kier molecular flexibility index (Phi) is 11.1. The number of piperazine rings is 1. The molecule has 2 aromatic rings. The topological polar surface area (TPSA) is 66.5 Å². The van der Waals surface area contributed by atoms with Gasteiger partial charge < -0.3 is 15.4 Å². The second-order valence-electron chi connectivity index (χ2n) is 6.11. The number of hydrogen-bond acceptors (Lipinski definition) is 6. The van der Waals surface area contributed by atoms with E-state index in [-0.39, 0.29) is 30.7 Å². The molecule has 28 heavy (non-hydrogen) atoms. The van der Waals surface area contributed by atoms with Crippen LogP contribution in [0.4, 0.5) is 0 Å². The van der Waals surface area contributed by atoms with Crippen molar-refractivity contribution in [3.05, 3.63) is 44.9 Å². The van der Waals surface area contributed by atoms with E-state index in [1.54, 1.807) is 12.1 Å². The van der Waals surface area contributed by atoms with Crippen molar-refractivity contribution >= 4 is 53.7 Å². The molecule has 2 N–H and O–H groups in total. The van der Waals surface area contributed by atoms with Crippen LogP contribution >= 0.6 is 47.8 Å². The Morgan fingerprint density at radius 1 is 1.29 bits per heavy atom. The lowest BCUT2D eigenvalue weighted by Crippen LogP contribution is -2.46. The van der Waals surface area contributed by atoms with Crippen LogP contribution < -0.4 is 15.4 Å². The number of hydrogen-bond donors (Lipinski definition) is 2. The lowest BCUT2D eigenvalue weighted by Gasteiger charge is -2.27. The predicted octanol–water partition coefficient (Wildman–Crippen LogP) is 3.16. The van der Waals surface area contributed by atoms with Crippen molar-refractivity contribution in [1.82, 2.24) is 20.5 Å². The molecular weight excluding hydrogens is 443 g/mol. The molecule has 1 aromatic heterocycles. The average Bonchev–Trinajstić information content (AvgIpc) is 3.03. The van der Waals surface area contributed by atoms with E-state index in [2.05, 4.69) is 20.5 Å². The number of halogens is 3. The zero-order chi connectivity index (χ0) is 18.4. The normalized spacial score (nSPS) is 13.9. The van der Waals surface area contributed by atoms with Crippen LogP contribution in [-0.4, -0.2) is 55.1 Å². The Morgan fingerprint density at radius 3 is 2.64 bits per heavy atom. The second-order valence-corrected chi connectivity index (χ2v) is 7.63. The quantitative estimate of drug-likeness (QED) is 0.655. The lowest BCUT2D eigenvalue weighted by molar-refractivity contribution is 0.0950. The molecule has 0 unspecified atom stereocenters. The van der Waals surface area contributed by atoms with Crippen LogP contribution in [0, 0.1) is 6.92 Å². The van der Waals surface area contributed by atoms with Crippen molar-refractivity contribution in [2.45, 2.75) is 13.5 Å². The van der Waals surface area contributed by atoms with E-state index in [9.17, 15) is 4.79 Å². The Bertz CT molecular complexity index is 737. The number of thiazole rings is 1. The highest BCUT2D eigenvalue weighted by Gasteiger charge is 2.16. The summed E-state index contributed by atoms with van der Waals surface area (Å²) in [7, 11) is 0. The van der Waals surface area contributed by atoms with Gasteiger partial charge >= 0.3 is 0 Å². The zero-order valence-electron chi connectivity index (χ0n) is 15.6. The lowest BCUT2D eigenvalue weighted by atomic mass is 10.3. The van der Waals surface area contributed by atoms with Crippen LogP contribution in [0.2, 0.25) is 5.02 Å². The molecule has 1 aliphatic heterocycles. The number of carbonyl (C=O) groups is 1. The van der Waals surface area contributed by atoms with Crippen molar-refractivity contribution < 1.29 is 9.53 Å². The van der Waals surface area contributed by atoms with E-state index in [1.165, 1.54) is 11.3 Å². The minimum Gasteiger partial charge on any atom is -0.486 e. The summed E-state index contributed by atoms with van der Waals surface area (Å²) in [6.07, 6.45) is 0. The number of nitrogens with one attached hydrogen (secondary N) is 2. The minimum absolute atomic E-state index is 0. The van der Waals surface area contributed by atoms with Gasteiger partial charge in [-0.3, -0.25) is 9.69 Å². The van der Waals surface area contributed by atoms with Crippen molar-refractivity contribution in [2.75, 3.05) is 39.3 Å². The molecule has 1 amide bonds. The third-order valence-corrected chi connectivity index (χ3v) is 5.53. The van der Waals surface area contributed by atoms with E-state index in [4.69, 9.17) is 16.3 Å². The summed E-state index contributed by atoms with van der Waals surface area (Å²) in [4.78, 5) is 19.9. The van der Waals surface area contributed by atoms with Gasteiger partial charge in [-0.1, -0.05) is 11.6 Å². The first-order valence-electron chi connectivity index (χ1n) is 8.68. The first-order chi connectivity index (χ1) is 12.6. The van der Waals surface area contributed by atoms with Gasteiger partial charge in [0, 0.05) is 44.3 Å². The fourth-order valence-corrected chi connectivity index (χ4v) is 3.76. The number of benzene rings is 1. The van der Waals surface area contributed by atoms with E-state index in [1.807, 2.05) is 19.1 Å². The Labute approximate surface area is 186 Å². The fraction of sp³-hybridized carbons (Fsp3) is 0.444. The van der Waals surface area contributed by atoms with E-state index >= 15 is 0 Å². The van der Waals surface area contributed by atoms with E-state index < -0.39 is 0 Å². The number of nitrogens with zero attached hydrogens (tertiary/aromatic N) is 2. The molecule has 6 nitrogen and oxygen atoms in total. The van der Waals surface area contributed by atoms with Gasteiger partial charge in [0.1, 0.15) is 22.2 Å². The predicted molar refractivity (Wildman–Crippen MR) is 119 cm³/mol. The van der Waals surface area contributed by atoms with Gasteiger partial charge in [-0.15, -0.1) is 36.2 Å². The molecule has 1 aliphatic rings. The van der Waals surface area contributed by atoms with Gasteiger partial charge in [-0.25, -0.2) is 4.98 Å². The summed E-state index contributed by atoms with van der Waals surface area (Å²) in [5.41, 5.74) is 0.740. The molecule has 0 bridgehead atoms. The SMILES string of the molecule is Cc1nc(COc2ccc(Cl)cc2)sc1C(=O)NCCN1CCNCC1.Cl.Cl. The Morgan fingerprint density at radius 2 is 1.96 bits per heavy atom.